The van der Waals surface area contributed by atoms with Gasteiger partial charge < -0.3 is 9.67 Å². The van der Waals surface area contributed by atoms with Crippen molar-refractivity contribution in [3.05, 3.63) is 5.82 Å². The van der Waals surface area contributed by atoms with Crippen LogP contribution in [-0.4, -0.2) is 31.6 Å². The van der Waals surface area contributed by atoms with Gasteiger partial charge in [0.15, 0.2) is 5.16 Å². The highest BCUT2D eigenvalue weighted by molar-refractivity contribution is 7.99. The molecule has 1 aromatic heterocycles. The van der Waals surface area contributed by atoms with Crippen molar-refractivity contribution in [3.63, 3.8) is 0 Å². The van der Waals surface area contributed by atoms with Crippen LogP contribution in [0.25, 0.3) is 0 Å². The Hall–Kier alpha value is -1.04. The molecule has 1 heterocycles. The van der Waals surface area contributed by atoms with Crippen LogP contribution in [0.3, 0.4) is 0 Å². The van der Waals surface area contributed by atoms with Gasteiger partial charge >= 0.3 is 5.97 Å². The first-order chi connectivity index (χ1) is 8.95. The molecule has 1 atom stereocenters. The molecular weight excluding hydrogens is 262 g/mol. The molecule has 1 aromatic rings. The van der Waals surface area contributed by atoms with E-state index in [-0.39, 0.29) is 5.75 Å². The fourth-order valence-corrected chi connectivity index (χ4v) is 2.93. The van der Waals surface area contributed by atoms with Gasteiger partial charge in [0.2, 0.25) is 0 Å². The standard InChI is InChI=1S/C13H23N3O2S/c1-5-6-11-14-15-13(19-8-12(17)18)16(11)10(4)7-9(2)3/h9-10H,5-8H2,1-4H3,(H,17,18). The van der Waals surface area contributed by atoms with Gasteiger partial charge in [-0.25, -0.2) is 0 Å². The Balaban J connectivity index is 2.93. The zero-order valence-corrected chi connectivity index (χ0v) is 12.9. The van der Waals surface area contributed by atoms with Crippen LogP contribution in [0.1, 0.15) is 52.4 Å². The summed E-state index contributed by atoms with van der Waals surface area (Å²) in [6.07, 6.45) is 2.93. The summed E-state index contributed by atoms with van der Waals surface area (Å²) < 4.78 is 2.11. The van der Waals surface area contributed by atoms with Crippen molar-refractivity contribution in [2.75, 3.05) is 5.75 Å². The first kappa shape index (κ1) is 16.0. The normalized spacial score (nSPS) is 12.9. The molecule has 0 aliphatic heterocycles. The number of aromatic nitrogens is 3. The molecule has 0 spiro atoms. The molecule has 6 heteroatoms. The van der Waals surface area contributed by atoms with Crippen LogP contribution < -0.4 is 0 Å². The van der Waals surface area contributed by atoms with E-state index in [9.17, 15) is 4.79 Å². The zero-order chi connectivity index (χ0) is 14.4. The van der Waals surface area contributed by atoms with Crippen LogP contribution >= 0.6 is 11.8 Å². The summed E-state index contributed by atoms with van der Waals surface area (Å²) in [6, 6.07) is 0.299. The second-order valence-corrected chi connectivity index (χ2v) is 6.12. The molecule has 108 valence electrons. The Kier molecular flexibility index (Phi) is 6.34. The minimum Gasteiger partial charge on any atom is -0.481 e. The molecule has 0 fully saturated rings. The van der Waals surface area contributed by atoms with Crippen molar-refractivity contribution in [3.8, 4) is 0 Å². The molecule has 0 aliphatic carbocycles. The number of rotatable bonds is 8. The molecule has 5 nitrogen and oxygen atoms in total. The third-order valence-corrected chi connectivity index (χ3v) is 3.71. The molecule has 0 amide bonds. The minimum absolute atomic E-state index is 0.0264. The SMILES string of the molecule is CCCc1nnc(SCC(=O)O)n1C(C)CC(C)C. The van der Waals surface area contributed by atoms with E-state index in [1.54, 1.807) is 0 Å². The van der Waals surface area contributed by atoms with Crippen LogP contribution in [0, 0.1) is 5.92 Å². The van der Waals surface area contributed by atoms with E-state index in [2.05, 4.69) is 42.5 Å². The third kappa shape index (κ3) is 4.86. The van der Waals surface area contributed by atoms with Gasteiger partial charge in [0.1, 0.15) is 5.82 Å². The van der Waals surface area contributed by atoms with Crippen LogP contribution in [0.4, 0.5) is 0 Å². The quantitative estimate of drug-likeness (QED) is 0.744. The average molecular weight is 285 g/mol. The Morgan fingerprint density at radius 3 is 2.58 bits per heavy atom. The number of hydrogen-bond donors (Lipinski definition) is 1. The van der Waals surface area contributed by atoms with E-state index in [1.807, 2.05) is 0 Å². The van der Waals surface area contributed by atoms with Crippen LogP contribution in [-0.2, 0) is 11.2 Å². The Bertz CT molecular complexity index is 418. The molecule has 0 aromatic carbocycles. The summed E-state index contributed by atoms with van der Waals surface area (Å²) in [5, 5.41) is 17.9. The molecule has 0 radical (unpaired) electrons. The summed E-state index contributed by atoms with van der Waals surface area (Å²) in [6.45, 7) is 8.62. The van der Waals surface area contributed by atoms with Crippen molar-refractivity contribution in [1.29, 1.82) is 0 Å². The van der Waals surface area contributed by atoms with E-state index in [0.717, 1.165) is 30.2 Å². The maximum atomic E-state index is 10.7. The van der Waals surface area contributed by atoms with Gasteiger partial charge in [-0.1, -0.05) is 32.5 Å². The Labute approximate surface area is 118 Å². The highest BCUT2D eigenvalue weighted by Gasteiger charge is 2.18. The van der Waals surface area contributed by atoms with Gasteiger partial charge in [-0.2, -0.15) is 0 Å². The molecule has 1 N–H and O–H groups in total. The maximum Gasteiger partial charge on any atom is 0.313 e. The van der Waals surface area contributed by atoms with Gasteiger partial charge in [-0.3, -0.25) is 4.79 Å². The van der Waals surface area contributed by atoms with Crippen LogP contribution in [0.15, 0.2) is 5.16 Å². The first-order valence-electron chi connectivity index (χ1n) is 6.74. The number of carbonyl (C=O) groups is 1. The fraction of sp³-hybridized carbons (Fsp3) is 0.769. The van der Waals surface area contributed by atoms with E-state index < -0.39 is 5.97 Å². The summed E-state index contributed by atoms with van der Waals surface area (Å²) in [5.74, 6) is 0.749. The van der Waals surface area contributed by atoms with Gasteiger partial charge in [0, 0.05) is 12.5 Å². The van der Waals surface area contributed by atoms with Gasteiger partial charge in [0.25, 0.3) is 0 Å². The number of hydrogen-bond acceptors (Lipinski definition) is 4. The Morgan fingerprint density at radius 1 is 1.37 bits per heavy atom. The van der Waals surface area contributed by atoms with Gasteiger partial charge in [-0.15, -0.1) is 10.2 Å². The summed E-state index contributed by atoms with van der Waals surface area (Å²) in [5.41, 5.74) is 0. The molecule has 1 rings (SSSR count). The largest absolute Gasteiger partial charge is 0.481 e. The number of thioether (sulfide) groups is 1. The minimum atomic E-state index is -0.826. The highest BCUT2D eigenvalue weighted by atomic mass is 32.2. The van der Waals surface area contributed by atoms with Crippen LogP contribution in [0.5, 0.6) is 0 Å². The lowest BCUT2D eigenvalue weighted by molar-refractivity contribution is -0.133. The second-order valence-electron chi connectivity index (χ2n) is 5.18. The highest BCUT2D eigenvalue weighted by Crippen LogP contribution is 2.26. The topological polar surface area (TPSA) is 68.0 Å². The monoisotopic (exact) mass is 285 g/mol. The van der Waals surface area contributed by atoms with Crippen molar-refractivity contribution in [2.45, 2.75) is 58.2 Å². The number of carboxylic acid groups (broad SMARTS) is 1. The first-order valence-corrected chi connectivity index (χ1v) is 7.72. The number of carboxylic acids is 1. The lowest BCUT2D eigenvalue weighted by atomic mass is 10.1. The predicted molar refractivity (Wildman–Crippen MR) is 76.5 cm³/mol. The summed E-state index contributed by atoms with van der Waals surface area (Å²) in [4.78, 5) is 10.7. The molecule has 0 bridgehead atoms. The number of nitrogens with zero attached hydrogens (tertiary/aromatic N) is 3. The fourth-order valence-electron chi connectivity index (χ4n) is 2.16. The molecule has 0 saturated carbocycles. The second kappa shape index (κ2) is 7.53. The summed E-state index contributed by atoms with van der Waals surface area (Å²) >= 11 is 1.25. The van der Waals surface area contributed by atoms with E-state index in [4.69, 9.17) is 5.11 Å². The smallest absolute Gasteiger partial charge is 0.313 e. The molecule has 0 saturated heterocycles. The molecule has 19 heavy (non-hydrogen) atoms. The molecule has 1 unspecified atom stereocenters. The number of aryl methyl sites for hydroxylation is 1. The van der Waals surface area contributed by atoms with Crippen molar-refractivity contribution >= 4 is 17.7 Å². The van der Waals surface area contributed by atoms with Crippen molar-refractivity contribution < 1.29 is 9.90 Å². The van der Waals surface area contributed by atoms with Crippen molar-refractivity contribution in [2.24, 2.45) is 5.92 Å². The van der Waals surface area contributed by atoms with E-state index in [1.165, 1.54) is 11.8 Å². The number of aliphatic carboxylic acids is 1. The van der Waals surface area contributed by atoms with Gasteiger partial charge in [0.05, 0.1) is 5.75 Å². The molecule has 0 aliphatic rings. The maximum absolute atomic E-state index is 10.7. The summed E-state index contributed by atoms with van der Waals surface area (Å²) in [7, 11) is 0. The average Bonchev–Trinajstić information content (AvgIpc) is 2.69. The third-order valence-electron chi connectivity index (χ3n) is 2.79. The lowest BCUT2D eigenvalue weighted by Crippen LogP contribution is -2.13. The van der Waals surface area contributed by atoms with Crippen molar-refractivity contribution in [1.82, 2.24) is 14.8 Å². The lowest BCUT2D eigenvalue weighted by Gasteiger charge is -2.19. The van der Waals surface area contributed by atoms with Gasteiger partial charge in [-0.05, 0) is 25.7 Å². The Morgan fingerprint density at radius 2 is 2.05 bits per heavy atom. The molecular formula is C13H23N3O2S. The van der Waals surface area contributed by atoms with Crippen LogP contribution in [0.2, 0.25) is 0 Å². The zero-order valence-electron chi connectivity index (χ0n) is 12.1. The van der Waals surface area contributed by atoms with E-state index >= 15 is 0 Å². The predicted octanol–water partition coefficient (Wildman–Crippen LogP) is 3.01. The van der Waals surface area contributed by atoms with E-state index in [0.29, 0.717) is 12.0 Å².